The zero-order valence-electron chi connectivity index (χ0n) is 26.9. The molecule has 4 saturated carbocycles. The van der Waals surface area contributed by atoms with Gasteiger partial charge >= 0.3 is 0 Å². The van der Waals surface area contributed by atoms with Crippen LogP contribution in [0, 0.1) is 52.3 Å². The van der Waals surface area contributed by atoms with Gasteiger partial charge < -0.3 is 19.7 Å². The summed E-state index contributed by atoms with van der Waals surface area (Å²) in [5.74, 6) is 4.52. The standard InChI is InChI=1S/C34H64O4Si/c1-24(2)10-9-11-25(3)28-12-13-29-27-20-31(35)34(36)21-26(22-38-23-37-18-19-39(6,7)8)14-17-33(34,5)30(27)15-16-32(28,29)4/h24-31,35-36H,9-23H2,1-8H3/t25-,26+,27+,28-,29+,30+,31-,32-,33-,34+/m1/s1. The monoisotopic (exact) mass is 564 g/mol. The summed E-state index contributed by atoms with van der Waals surface area (Å²) in [6.07, 6.45) is 12.2. The van der Waals surface area contributed by atoms with Crippen molar-refractivity contribution in [3.05, 3.63) is 0 Å². The lowest BCUT2D eigenvalue weighted by Crippen LogP contribution is -2.68. The van der Waals surface area contributed by atoms with Crippen molar-refractivity contribution < 1.29 is 19.7 Å². The number of hydrogen-bond acceptors (Lipinski definition) is 4. The van der Waals surface area contributed by atoms with Crippen LogP contribution in [0.3, 0.4) is 0 Å². The van der Waals surface area contributed by atoms with Crippen LogP contribution >= 0.6 is 0 Å². The highest BCUT2D eigenvalue weighted by Crippen LogP contribution is 2.69. The Morgan fingerprint density at radius 3 is 2.36 bits per heavy atom. The average molecular weight is 565 g/mol. The first-order valence-corrected chi connectivity index (χ1v) is 20.5. The second-order valence-corrected chi connectivity index (χ2v) is 22.4. The maximum absolute atomic E-state index is 12.2. The van der Waals surface area contributed by atoms with Crippen molar-refractivity contribution in [3.8, 4) is 0 Å². The minimum Gasteiger partial charge on any atom is -0.390 e. The summed E-state index contributed by atoms with van der Waals surface area (Å²) in [5, 5.41) is 23.9. The number of hydrogen-bond donors (Lipinski definition) is 2. The molecule has 0 radical (unpaired) electrons. The molecule has 0 saturated heterocycles. The van der Waals surface area contributed by atoms with Crippen LogP contribution in [0.4, 0.5) is 0 Å². The van der Waals surface area contributed by atoms with Gasteiger partial charge in [-0.15, -0.1) is 0 Å². The Morgan fingerprint density at radius 2 is 1.67 bits per heavy atom. The molecule has 5 heteroatoms. The summed E-state index contributed by atoms with van der Waals surface area (Å²) in [4.78, 5) is 0. The van der Waals surface area contributed by atoms with Gasteiger partial charge in [0.25, 0.3) is 0 Å². The lowest BCUT2D eigenvalue weighted by Gasteiger charge is -2.65. The Morgan fingerprint density at radius 1 is 0.923 bits per heavy atom. The van der Waals surface area contributed by atoms with E-state index in [0.29, 0.717) is 48.9 Å². The molecule has 4 aliphatic carbocycles. The molecular formula is C34H64O4Si. The summed E-state index contributed by atoms with van der Waals surface area (Å²) in [6, 6.07) is 1.16. The van der Waals surface area contributed by atoms with Gasteiger partial charge in [0.2, 0.25) is 0 Å². The fourth-order valence-corrected chi connectivity index (χ4v) is 11.0. The van der Waals surface area contributed by atoms with E-state index in [2.05, 4.69) is 54.3 Å². The van der Waals surface area contributed by atoms with Gasteiger partial charge in [-0.3, -0.25) is 0 Å². The Hall–Kier alpha value is 0.0569. The van der Waals surface area contributed by atoms with Crippen molar-refractivity contribution in [2.24, 2.45) is 52.3 Å². The Bertz CT molecular complexity index is 797. The van der Waals surface area contributed by atoms with Crippen molar-refractivity contribution in [3.63, 3.8) is 0 Å². The maximum Gasteiger partial charge on any atom is 0.146 e. The molecule has 0 aromatic rings. The van der Waals surface area contributed by atoms with Gasteiger partial charge in [-0.05, 0) is 104 Å². The molecule has 4 fully saturated rings. The average Bonchev–Trinajstić information content (AvgIpc) is 3.19. The van der Waals surface area contributed by atoms with Gasteiger partial charge in [-0.1, -0.05) is 73.5 Å². The highest BCUT2D eigenvalue weighted by Gasteiger charge is 2.67. The summed E-state index contributed by atoms with van der Waals surface area (Å²) < 4.78 is 11.7. The molecule has 0 amide bonds. The van der Waals surface area contributed by atoms with Gasteiger partial charge in [0.05, 0.1) is 18.3 Å². The third kappa shape index (κ3) is 6.53. The molecule has 4 nitrogen and oxygen atoms in total. The zero-order chi connectivity index (χ0) is 28.6. The molecule has 2 N–H and O–H groups in total. The van der Waals surface area contributed by atoms with Crippen LogP contribution in [0.15, 0.2) is 0 Å². The molecule has 10 atom stereocenters. The van der Waals surface area contributed by atoms with Crippen LogP contribution in [0.1, 0.15) is 105 Å². The largest absolute Gasteiger partial charge is 0.390 e. The first-order chi connectivity index (χ1) is 18.2. The number of rotatable bonds is 12. The van der Waals surface area contributed by atoms with E-state index in [4.69, 9.17) is 9.47 Å². The SMILES string of the molecule is CC(C)CCC[C@@H](C)[C@H]1CC[C@H]2[C@@H]3C[C@@H](O)[C@@]4(O)C[C@@H](COCOCC[Si](C)(C)C)CC[C@]4(C)[C@H]3CC[C@]12C. The third-order valence-electron chi connectivity index (χ3n) is 12.7. The molecule has 4 rings (SSSR count). The van der Waals surface area contributed by atoms with E-state index in [0.717, 1.165) is 49.7 Å². The van der Waals surface area contributed by atoms with Gasteiger partial charge in [-0.2, -0.15) is 0 Å². The van der Waals surface area contributed by atoms with Crippen LogP contribution in [-0.2, 0) is 9.47 Å². The number of aliphatic hydroxyl groups excluding tert-OH is 1. The topological polar surface area (TPSA) is 58.9 Å². The van der Waals surface area contributed by atoms with E-state index < -0.39 is 19.8 Å². The molecule has 39 heavy (non-hydrogen) atoms. The molecule has 0 spiro atoms. The Labute approximate surface area is 242 Å². The van der Waals surface area contributed by atoms with E-state index in [1.54, 1.807) is 0 Å². The second kappa shape index (κ2) is 12.3. The molecular weight excluding hydrogens is 500 g/mol. The molecule has 0 aromatic heterocycles. The molecule has 4 aliphatic rings. The van der Waals surface area contributed by atoms with Crippen LogP contribution in [0.5, 0.6) is 0 Å². The molecule has 0 bridgehead atoms. The van der Waals surface area contributed by atoms with Gasteiger partial charge in [0.15, 0.2) is 0 Å². The number of fused-ring (bicyclic) bond motifs is 5. The summed E-state index contributed by atoms with van der Waals surface area (Å²) in [7, 11) is -1.08. The highest BCUT2D eigenvalue weighted by molar-refractivity contribution is 6.76. The first-order valence-electron chi connectivity index (χ1n) is 16.8. The smallest absolute Gasteiger partial charge is 0.146 e. The lowest BCUT2D eigenvalue weighted by molar-refractivity contribution is -0.263. The van der Waals surface area contributed by atoms with Crippen molar-refractivity contribution in [1.29, 1.82) is 0 Å². The van der Waals surface area contributed by atoms with Gasteiger partial charge in [-0.25, -0.2) is 0 Å². The van der Waals surface area contributed by atoms with Crippen molar-refractivity contribution in [2.45, 2.75) is 143 Å². The highest BCUT2D eigenvalue weighted by atomic mass is 28.3. The van der Waals surface area contributed by atoms with Crippen molar-refractivity contribution in [2.75, 3.05) is 20.0 Å². The predicted octanol–water partition coefficient (Wildman–Crippen LogP) is 8.14. The van der Waals surface area contributed by atoms with Crippen LogP contribution in [0.2, 0.25) is 25.7 Å². The Kier molecular flexibility index (Phi) is 10.1. The zero-order valence-corrected chi connectivity index (χ0v) is 27.9. The lowest BCUT2D eigenvalue weighted by atomic mass is 9.42. The van der Waals surface area contributed by atoms with E-state index in [9.17, 15) is 10.2 Å². The van der Waals surface area contributed by atoms with Gasteiger partial charge in [0.1, 0.15) is 6.79 Å². The van der Waals surface area contributed by atoms with Gasteiger partial charge in [0, 0.05) is 20.1 Å². The minimum absolute atomic E-state index is 0.192. The summed E-state index contributed by atoms with van der Waals surface area (Å²) in [5.41, 5.74) is -0.776. The van der Waals surface area contributed by atoms with E-state index in [-0.39, 0.29) is 5.41 Å². The Balaban J connectivity index is 1.36. The first kappa shape index (κ1) is 32.0. The second-order valence-electron chi connectivity index (χ2n) is 16.8. The van der Waals surface area contributed by atoms with Crippen LogP contribution in [-0.4, -0.2) is 50.0 Å². The van der Waals surface area contributed by atoms with Crippen LogP contribution in [0.25, 0.3) is 0 Å². The third-order valence-corrected chi connectivity index (χ3v) is 14.4. The quantitative estimate of drug-likeness (QED) is 0.143. The van der Waals surface area contributed by atoms with E-state index >= 15 is 0 Å². The molecule has 228 valence electrons. The van der Waals surface area contributed by atoms with Crippen LogP contribution < -0.4 is 0 Å². The van der Waals surface area contributed by atoms with E-state index in [1.165, 1.54) is 44.9 Å². The predicted molar refractivity (Wildman–Crippen MR) is 164 cm³/mol. The summed E-state index contributed by atoms with van der Waals surface area (Å²) >= 11 is 0. The molecule has 0 aliphatic heterocycles. The number of aliphatic hydroxyl groups is 2. The molecule has 0 heterocycles. The fourth-order valence-electron chi connectivity index (χ4n) is 10.3. The van der Waals surface area contributed by atoms with Crippen molar-refractivity contribution in [1.82, 2.24) is 0 Å². The summed E-state index contributed by atoms with van der Waals surface area (Å²) in [6.45, 7) is 21.0. The molecule has 0 aromatic carbocycles. The van der Waals surface area contributed by atoms with E-state index in [1.807, 2.05) is 0 Å². The fraction of sp³-hybridized carbons (Fsp3) is 1.00. The van der Waals surface area contributed by atoms with Crippen molar-refractivity contribution >= 4 is 8.07 Å². The molecule has 0 unspecified atom stereocenters. The maximum atomic E-state index is 12.2. The minimum atomic E-state index is -1.08. The number of ether oxygens (including phenoxy) is 2. The normalized spacial score (nSPS) is 43.2.